The first kappa shape index (κ1) is 17.5. The molecule has 0 aliphatic heterocycles. The molecule has 0 radical (unpaired) electrons. The highest BCUT2D eigenvalue weighted by molar-refractivity contribution is 5.87. The van der Waals surface area contributed by atoms with Gasteiger partial charge < -0.3 is 10.4 Å². The van der Waals surface area contributed by atoms with E-state index >= 15 is 0 Å². The third-order valence-corrected chi connectivity index (χ3v) is 5.03. The Morgan fingerprint density at radius 1 is 1.22 bits per heavy atom. The highest BCUT2D eigenvalue weighted by Gasteiger charge is 2.35. The van der Waals surface area contributed by atoms with Gasteiger partial charge in [0.05, 0.1) is 5.56 Å². The Morgan fingerprint density at radius 3 is 2.43 bits per heavy atom. The van der Waals surface area contributed by atoms with Gasteiger partial charge in [-0.3, -0.25) is 4.79 Å². The molecule has 1 aromatic rings. The van der Waals surface area contributed by atoms with Gasteiger partial charge in [-0.25, -0.2) is 4.79 Å². The number of carbonyl (C=O) groups excluding carboxylic acids is 1. The molecule has 1 saturated carbocycles. The molecule has 1 aromatic carbocycles. The lowest BCUT2D eigenvalue weighted by Crippen LogP contribution is -2.39. The van der Waals surface area contributed by atoms with Crippen molar-refractivity contribution >= 4 is 11.9 Å². The van der Waals surface area contributed by atoms with Crippen molar-refractivity contribution in [2.75, 3.05) is 0 Å². The maximum Gasteiger partial charge on any atom is 0.335 e. The predicted molar refractivity (Wildman–Crippen MR) is 90.1 cm³/mol. The summed E-state index contributed by atoms with van der Waals surface area (Å²) in [6.45, 7) is 7.08. The maximum absolute atomic E-state index is 12.6. The zero-order valence-electron chi connectivity index (χ0n) is 14.2. The summed E-state index contributed by atoms with van der Waals surface area (Å²) in [5.74, 6) is 0.885. The van der Waals surface area contributed by atoms with Crippen LogP contribution in [0.15, 0.2) is 24.3 Å². The predicted octanol–water partition coefficient (Wildman–Crippen LogP) is 3.71. The molecule has 126 valence electrons. The van der Waals surface area contributed by atoms with Crippen LogP contribution >= 0.6 is 0 Å². The van der Waals surface area contributed by atoms with Crippen molar-refractivity contribution < 1.29 is 14.7 Å². The minimum absolute atomic E-state index is 0.0945. The van der Waals surface area contributed by atoms with Gasteiger partial charge in [0.25, 0.3) is 0 Å². The highest BCUT2D eigenvalue weighted by Crippen LogP contribution is 2.38. The van der Waals surface area contributed by atoms with E-state index in [2.05, 4.69) is 26.1 Å². The van der Waals surface area contributed by atoms with Crippen LogP contribution < -0.4 is 5.32 Å². The summed E-state index contributed by atoms with van der Waals surface area (Å²) in [5.41, 5.74) is 1.19. The van der Waals surface area contributed by atoms with Crippen LogP contribution in [-0.4, -0.2) is 17.0 Å². The average Bonchev–Trinajstić information content (AvgIpc) is 2.52. The lowest BCUT2D eigenvalue weighted by Gasteiger charge is -2.36. The van der Waals surface area contributed by atoms with Crippen LogP contribution in [0, 0.1) is 23.7 Å². The molecule has 4 heteroatoms. The van der Waals surface area contributed by atoms with Gasteiger partial charge in [-0.05, 0) is 48.3 Å². The van der Waals surface area contributed by atoms with Crippen molar-refractivity contribution in [2.45, 2.75) is 46.6 Å². The van der Waals surface area contributed by atoms with Crippen molar-refractivity contribution in [1.29, 1.82) is 0 Å². The van der Waals surface area contributed by atoms with Crippen molar-refractivity contribution in [1.82, 2.24) is 5.32 Å². The summed E-state index contributed by atoms with van der Waals surface area (Å²) in [6.07, 6.45) is 3.31. The van der Waals surface area contributed by atoms with Crippen molar-refractivity contribution in [2.24, 2.45) is 23.7 Å². The largest absolute Gasteiger partial charge is 0.478 e. The number of benzene rings is 1. The first-order valence-corrected chi connectivity index (χ1v) is 8.48. The summed E-state index contributed by atoms with van der Waals surface area (Å²) in [7, 11) is 0. The third-order valence-electron chi connectivity index (χ3n) is 5.03. The normalized spacial score (nSPS) is 24.4. The monoisotopic (exact) mass is 317 g/mol. The van der Waals surface area contributed by atoms with E-state index < -0.39 is 5.97 Å². The molecule has 0 bridgehead atoms. The van der Waals surface area contributed by atoms with E-state index in [4.69, 9.17) is 5.11 Å². The van der Waals surface area contributed by atoms with Crippen LogP contribution in [-0.2, 0) is 11.3 Å². The molecule has 3 atom stereocenters. The topological polar surface area (TPSA) is 66.4 Å². The second-order valence-electron chi connectivity index (χ2n) is 7.15. The maximum atomic E-state index is 12.6. The number of rotatable bonds is 5. The molecular formula is C19H27NO3. The Hall–Kier alpha value is -1.84. The van der Waals surface area contributed by atoms with Crippen molar-refractivity contribution in [3.8, 4) is 0 Å². The third kappa shape index (κ3) is 4.57. The molecule has 1 amide bonds. The summed E-state index contributed by atoms with van der Waals surface area (Å²) in [5, 5.41) is 11.9. The molecule has 0 aromatic heterocycles. The highest BCUT2D eigenvalue weighted by atomic mass is 16.4. The number of nitrogens with one attached hydrogen (secondary N) is 1. The number of hydrogen-bond donors (Lipinski definition) is 2. The number of carboxylic acid groups (broad SMARTS) is 1. The van der Waals surface area contributed by atoms with Gasteiger partial charge >= 0.3 is 5.97 Å². The Bertz CT molecular complexity index is 550. The van der Waals surface area contributed by atoms with Crippen molar-refractivity contribution in [3.63, 3.8) is 0 Å². The van der Waals surface area contributed by atoms with Crippen LogP contribution in [0.4, 0.5) is 0 Å². The Labute approximate surface area is 138 Å². The average molecular weight is 317 g/mol. The van der Waals surface area contributed by atoms with Gasteiger partial charge in [-0.15, -0.1) is 0 Å². The molecular weight excluding hydrogens is 290 g/mol. The first-order valence-electron chi connectivity index (χ1n) is 8.48. The molecule has 0 spiro atoms. The Morgan fingerprint density at radius 2 is 1.87 bits per heavy atom. The van der Waals surface area contributed by atoms with E-state index in [-0.39, 0.29) is 17.4 Å². The zero-order valence-corrected chi connectivity index (χ0v) is 14.2. The molecule has 2 rings (SSSR count). The van der Waals surface area contributed by atoms with E-state index in [0.717, 1.165) is 18.4 Å². The molecule has 1 aliphatic rings. The zero-order chi connectivity index (χ0) is 17.0. The van der Waals surface area contributed by atoms with E-state index in [1.807, 2.05) is 0 Å². The van der Waals surface area contributed by atoms with E-state index in [1.54, 1.807) is 24.3 Å². The Kier molecular flexibility index (Phi) is 5.80. The number of amides is 1. The van der Waals surface area contributed by atoms with Gasteiger partial charge in [0.1, 0.15) is 0 Å². The number of carbonyl (C=O) groups is 2. The summed E-state index contributed by atoms with van der Waals surface area (Å²) >= 11 is 0. The Balaban J connectivity index is 1.95. The van der Waals surface area contributed by atoms with Gasteiger partial charge in [-0.1, -0.05) is 39.3 Å². The molecule has 2 N–H and O–H groups in total. The second-order valence-corrected chi connectivity index (χ2v) is 7.15. The fraction of sp³-hybridized carbons (Fsp3) is 0.579. The minimum Gasteiger partial charge on any atom is -0.478 e. The molecule has 1 aliphatic carbocycles. The number of carboxylic acids is 1. The van der Waals surface area contributed by atoms with Gasteiger partial charge in [0.15, 0.2) is 0 Å². The van der Waals surface area contributed by atoms with Crippen LogP contribution in [0.3, 0.4) is 0 Å². The fourth-order valence-corrected chi connectivity index (χ4v) is 3.59. The van der Waals surface area contributed by atoms with Crippen LogP contribution in [0.2, 0.25) is 0 Å². The molecule has 1 fully saturated rings. The lowest BCUT2D eigenvalue weighted by molar-refractivity contribution is -0.129. The van der Waals surface area contributed by atoms with Crippen LogP contribution in [0.25, 0.3) is 0 Å². The molecule has 4 nitrogen and oxygen atoms in total. The SMILES string of the molecule is CC(C)[C@@H]1CC[C@@H](C)C[C@H]1C(=O)NCc1ccc(C(=O)O)cc1. The van der Waals surface area contributed by atoms with Crippen LogP contribution in [0.1, 0.15) is 56.0 Å². The lowest BCUT2D eigenvalue weighted by atomic mass is 9.70. The van der Waals surface area contributed by atoms with Crippen molar-refractivity contribution in [3.05, 3.63) is 35.4 Å². The summed E-state index contributed by atoms with van der Waals surface area (Å²) in [6, 6.07) is 6.66. The van der Waals surface area contributed by atoms with Gasteiger partial charge in [-0.2, -0.15) is 0 Å². The number of aromatic carboxylic acids is 1. The molecule has 0 heterocycles. The van der Waals surface area contributed by atoms with E-state index in [1.165, 1.54) is 6.42 Å². The first-order chi connectivity index (χ1) is 10.9. The quantitative estimate of drug-likeness (QED) is 0.870. The van der Waals surface area contributed by atoms with E-state index in [9.17, 15) is 9.59 Å². The van der Waals surface area contributed by atoms with Gasteiger partial charge in [0.2, 0.25) is 5.91 Å². The standard InChI is InChI=1S/C19H27NO3/c1-12(2)16-9-4-13(3)10-17(16)18(21)20-11-14-5-7-15(8-6-14)19(22)23/h5-8,12-13,16-17H,4,9-11H2,1-3H3,(H,20,21)(H,22,23)/t13-,16+,17-/m1/s1. The van der Waals surface area contributed by atoms with E-state index in [0.29, 0.717) is 24.3 Å². The fourth-order valence-electron chi connectivity index (χ4n) is 3.59. The molecule has 0 saturated heterocycles. The smallest absolute Gasteiger partial charge is 0.335 e. The second kappa shape index (κ2) is 7.62. The number of hydrogen-bond acceptors (Lipinski definition) is 2. The van der Waals surface area contributed by atoms with Crippen LogP contribution in [0.5, 0.6) is 0 Å². The molecule has 0 unspecified atom stereocenters. The summed E-state index contributed by atoms with van der Waals surface area (Å²) < 4.78 is 0. The van der Waals surface area contributed by atoms with Gasteiger partial charge in [0, 0.05) is 12.5 Å². The minimum atomic E-state index is -0.934. The molecule has 23 heavy (non-hydrogen) atoms. The summed E-state index contributed by atoms with van der Waals surface area (Å²) in [4.78, 5) is 23.4.